The van der Waals surface area contributed by atoms with E-state index >= 15 is 0 Å². The van der Waals surface area contributed by atoms with Crippen molar-refractivity contribution in [3.8, 4) is 24.7 Å². The van der Waals surface area contributed by atoms with Crippen molar-refractivity contribution in [3.63, 3.8) is 0 Å². The summed E-state index contributed by atoms with van der Waals surface area (Å²) in [5.41, 5.74) is 4.39. The molecule has 2 N–H and O–H groups in total. The van der Waals surface area contributed by atoms with E-state index in [1.165, 1.54) is 28.6 Å². The zero-order chi connectivity index (χ0) is 16.5. The molecule has 0 spiro atoms. The topological polar surface area (TPSA) is 74.6 Å². The van der Waals surface area contributed by atoms with Gasteiger partial charge < -0.3 is 22.6 Å². The number of hydrogen-bond donors (Lipinski definition) is 2. The van der Waals surface area contributed by atoms with Gasteiger partial charge in [-0.25, -0.2) is 15.2 Å². The number of terminal acetylenes is 2. The van der Waals surface area contributed by atoms with Crippen LogP contribution in [0.15, 0.2) is 16.7 Å². The molecule has 0 aromatic rings. The van der Waals surface area contributed by atoms with Gasteiger partial charge in [0, 0.05) is 11.8 Å². The number of hydrogen-bond acceptors (Lipinski definition) is 2. The van der Waals surface area contributed by atoms with Crippen molar-refractivity contribution in [3.05, 3.63) is 22.8 Å². The van der Waals surface area contributed by atoms with Gasteiger partial charge in [0.2, 0.25) is 0 Å². The zero-order valence-corrected chi connectivity index (χ0v) is 15.6. The number of carboxylic acids is 2. The molecule has 0 amide bonds. The first kappa shape index (κ1) is 28.7. The molecule has 0 aromatic carbocycles. The van der Waals surface area contributed by atoms with Crippen molar-refractivity contribution in [1.29, 1.82) is 0 Å². The smallest absolute Gasteiger partial charge is 1.00 e. The Labute approximate surface area is 153 Å². The molecule has 4 nitrogen and oxygen atoms in total. The van der Waals surface area contributed by atoms with Crippen molar-refractivity contribution in [2.24, 2.45) is 5.41 Å². The van der Waals surface area contributed by atoms with Crippen LogP contribution < -0.4 is 12.4 Å². The fourth-order valence-corrected chi connectivity index (χ4v) is 1.41. The minimum absolute atomic E-state index is 0. The fourth-order valence-electron chi connectivity index (χ4n) is 1.41. The van der Waals surface area contributed by atoms with E-state index in [0.717, 1.165) is 0 Å². The predicted molar refractivity (Wildman–Crippen MR) is 77.5 cm³/mol. The summed E-state index contributed by atoms with van der Waals surface area (Å²) in [6.45, 7) is 10.9. The van der Waals surface area contributed by atoms with Crippen LogP contribution in [0.4, 0.5) is 0 Å². The van der Waals surface area contributed by atoms with Gasteiger partial charge in [0.05, 0.1) is 0 Å². The Kier molecular flexibility index (Phi) is 17.2. The van der Waals surface area contributed by atoms with Crippen LogP contribution in [0.25, 0.3) is 0 Å². The maximum Gasteiger partial charge on any atom is 2.00 e. The number of rotatable bonds is 0. The maximum absolute atomic E-state index is 9.13. The summed E-state index contributed by atoms with van der Waals surface area (Å²) in [5.74, 6) is 0.454. The molecule has 0 aromatic heterocycles. The molecule has 0 atom stereocenters. The van der Waals surface area contributed by atoms with E-state index < -0.39 is 11.9 Å². The van der Waals surface area contributed by atoms with Gasteiger partial charge in [0.15, 0.2) is 0 Å². The van der Waals surface area contributed by atoms with Crippen LogP contribution in [0.3, 0.4) is 0 Å². The molecular weight excluding hydrogens is 339 g/mol. The van der Waals surface area contributed by atoms with Crippen LogP contribution >= 0.6 is 0 Å². The minimum Gasteiger partial charge on any atom is -1.00 e. The Morgan fingerprint density at radius 2 is 1.32 bits per heavy atom. The fraction of sp³-hybridized carbons (Fsp3) is 0.375. The molecule has 0 saturated heterocycles. The maximum atomic E-state index is 9.13. The summed E-state index contributed by atoms with van der Waals surface area (Å²) in [6, 6.07) is 0. The molecule has 0 fully saturated rings. The minimum atomic E-state index is -1.22. The average Bonchev–Trinajstić information content (AvgIpc) is 2.53. The molecule has 0 radical (unpaired) electrons. The van der Waals surface area contributed by atoms with Crippen LogP contribution in [-0.4, -0.2) is 22.2 Å². The Hall–Kier alpha value is -1.46. The van der Waals surface area contributed by atoms with E-state index in [9.17, 15) is 0 Å². The van der Waals surface area contributed by atoms with Crippen molar-refractivity contribution >= 4 is 11.9 Å². The van der Waals surface area contributed by atoms with Gasteiger partial charge in [-0.3, -0.25) is 6.08 Å². The Morgan fingerprint density at radius 3 is 1.36 bits per heavy atom. The summed E-state index contributed by atoms with van der Waals surface area (Å²) in [6.07, 6.45) is 12.1. The van der Waals surface area contributed by atoms with Gasteiger partial charge in [-0.2, -0.15) is 11.1 Å². The molecule has 1 aliphatic carbocycles. The van der Waals surface area contributed by atoms with E-state index in [4.69, 9.17) is 19.8 Å². The van der Waals surface area contributed by atoms with Crippen LogP contribution in [0.1, 0.15) is 34.6 Å². The van der Waals surface area contributed by atoms with Gasteiger partial charge in [-0.05, 0) is 0 Å². The van der Waals surface area contributed by atoms with Crippen LogP contribution in [0, 0.1) is 36.2 Å². The monoisotopic (exact) mass is 358 g/mol. The third kappa shape index (κ3) is 12.3. The second-order valence-electron chi connectivity index (χ2n) is 4.52. The van der Waals surface area contributed by atoms with Crippen molar-refractivity contribution in [1.82, 2.24) is 0 Å². The Bertz CT molecular complexity index is 507. The van der Waals surface area contributed by atoms with E-state index in [-0.39, 0.29) is 39.5 Å². The number of halogens is 1. The van der Waals surface area contributed by atoms with Crippen molar-refractivity contribution < 1.29 is 53.9 Å². The van der Waals surface area contributed by atoms with Gasteiger partial charge in [-0.15, -0.1) is 19.8 Å². The molecule has 22 heavy (non-hydrogen) atoms. The molecule has 0 aliphatic heterocycles. The van der Waals surface area contributed by atoms with Crippen LogP contribution in [-0.2, 0) is 31.3 Å². The van der Waals surface area contributed by atoms with Crippen molar-refractivity contribution in [2.45, 2.75) is 34.6 Å². The van der Waals surface area contributed by atoms with Crippen LogP contribution in [0.5, 0.6) is 0 Å². The predicted octanol–water partition coefficient (Wildman–Crippen LogP) is -0.478. The quantitative estimate of drug-likeness (QED) is 0.348. The molecule has 0 heterocycles. The van der Waals surface area contributed by atoms with E-state index in [1.807, 2.05) is 0 Å². The normalized spacial score (nSPS) is 13.1. The molecule has 1 rings (SSSR count). The summed E-state index contributed by atoms with van der Waals surface area (Å²) in [7, 11) is 0. The van der Waals surface area contributed by atoms with Gasteiger partial charge in [-0.1, -0.05) is 33.1 Å². The second-order valence-corrected chi connectivity index (χ2v) is 4.52. The first-order valence-corrected chi connectivity index (χ1v) is 5.68. The van der Waals surface area contributed by atoms with Crippen molar-refractivity contribution in [2.75, 3.05) is 0 Å². The third-order valence-corrected chi connectivity index (χ3v) is 2.81. The van der Waals surface area contributed by atoms with Gasteiger partial charge in [0.1, 0.15) is 0 Å². The molecule has 0 saturated carbocycles. The molecule has 0 unspecified atom stereocenters. The van der Waals surface area contributed by atoms with E-state index in [0.29, 0.717) is 0 Å². The van der Waals surface area contributed by atoms with E-state index in [1.54, 1.807) is 0 Å². The number of aliphatic carboxylic acids is 2. The first-order chi connectivity index (χ1) is 8.99. The SMILES string of the molecule is C#CC(=O)O.C#CC(=O)O.CC1=[C-]C(C)(C)C(C)=C1C.[Cl-].[Ti+2]. The first-order valence-electron chi connectivity index (χ1n) is 5.68. The van der Waals surface area contributed by atoms with Crippen LogP contribution in [0.2, 0.25) is 0 Å². The van der Waals surface area contributed by atoms with Gasteiger partial charge >= 0.3 is 33.7 Å². The molecule has 0 bridgehead atoms. The summed E-state index contributed by atoms with van der Waals surface area (Å²) < 4.78 is 0. The second kappa shape index (κ2) is 13.2. The Balaban J connectivity index is -0.000000117. The standard InChI is InChI=1S/C10H15.2C3H2O2.ClH.Ti/c1-7-6-10(4,5)9(3)8(7)2;2*1-2-3(4)5;;/h1-5H3;2*1H,(H,4,5);1H;/q-1;;;;+2/p-1. The third-order valence-electron chi connectivity index (χ3n) is 2.81. The largest absolute Gasteiger partial charge is 2.00 e. The molecule has 1 aliphatic rings. The summed E-state index contributed by atoms with van der Waals surface area (Å²) in [5, 5.41) is 15.0. The molecule has 6 heteroatoms. The number of carbonyl (C=O) groups is 2. The Morgan fingerprint density at radius 1 is 1.05 bits per heavy atom. The zero-order valence-electron chi connectivity index (χ0n) is 13.2. The molecule has 118 valence electrons. The van der Waals surface area contributed by atoms with E-state index in [2.05, 4.69) is 53.5 Å². The summed E-state index contributed by atoms with van der Waals surface area (Å²) >= 11 is 0. The number of carboxylic acid groups (broad SMARTS) is 2. The molecular formula is C16H19ClO4Ti. The number of allylic oxidation sites excluding steroid dienone is 4. The average molecular weight is 359 g/mol. The van der Waals surface area contributed by atoms with Gasteiger partial charge in [0.25, 0.3) is 0 Å². The summed E-state index contributed by atoms with van der Waals surface area (Å²) in [4.78, 5) is 18.3.